The Morgan fingerprint density at radius 3 is 2.47 bits per heavy atom. The van der Waals surface area contributed by atoms with Crippen molar-refractivity contribution in [3.63, 3.8) is 0 Å². The first-order valence-corrected chi connectivity index (χ1v) is 10.6. The number of anilines is 1. The van der Waals surface area contributed by atoms with Gasteiger partial charge in [0.2, 0.25) is 5.91 Å². The van der Waals surface area contributed by atoms with Gasteiger partial charge >= 0.3 is 0 Å². The Kier molecular flexibility index (Phi) is 6.43. The number of methoxy groups -OCH3 is 1. The van der Waals surface area contributed by atoms with Crippen molar-refractivity contribution in [1.82, 2.24) is 15.1 Å². The van der Waals surface area contributed by atoms with Crippen LogP contribution < -0.4 is 10.3 Å². The smallest absolute Gasteiger partial charge is 0.248 e. The molecule has 0 saturated carbocycles. The highest BCUT2D eigenvalue weighted by molar-refractivity contribution is 6.13. The Morgan fingerprint density at radius 1 is 1.15 bits per heavy atom. The summed E-state index contributed by atoms with van der Waals surface area (Å²) < 4.78 is 48.9. The summed E-state index contributed by atoms with van der Waals surface area (Å²) in [6, 6.07) is 8.75. The minimum atomic E-state index is -1.47. The summed E-state index contributed by atoms with van der Waals surface area (Å²) in [5.74, 6) is -3.20. The number of amides is 1. The molecule has 0 radical (unpaired) electrons. The van der Waals surface area contributed by atoms with E-state index in [4.69, 9.17) is 4.74 Å². The van der Waals surface area contributed by atoms with Crippen LogP contribution in [0.1, 0.15) is 24.0 Å². The summed E-state index contributed by atoms with van der Waals surface area (Å²) >= 11 is 0. The summed E-state index contributed by atoms with van der Waals surface area (Å²) in [6.45, 7) is 2.13. The number of aromatic nitrogens is 2. The van der Waals surface area contributed by atoms with Gasteiger partial charge in [-0.05, 0) is 36.8 Å². The van der Waals surface area contributed by atoms with Gasteiger partial charge < -0.3 is 10.1 Å². The van der Waals surface area contributed by atoms with Crippen LogP contribution in [-0.2, 0) is 16.6 Å². The molecule has 1 aliphatic heterocycles. The molecule has 0 aliphatic carbocycles. The number of halogens is 3. The average Bonchev–Trinajstić information content (AvgIpc) is 3.35. The van der Waals surface area contributed by atoms with E-state index in [-0.39, 0.29) is 18.8 Å². The highest BCUT2D eigenvalue weighted by Crippen LogP contribution is 2.45. The molecule has 1 aliphatic rings. The largest absolute Gasteiger partial charge is 0.383 e. The van der Waals surface area contributed by atoms with E-state index in [0.29, 0.717) is 16.8 Å². The minimum Gasteiger partial charge on any atom is -0.383 e. The van der Waals surface area contributed by atoms with Crippen molar-refractivity contribution in [3.8, 4) is 0 Å². The number of nitrogens with one attached hydrogen (secondary N) is 1. The van der Waals surface area contributed by atoms with E-state index in [9.17, 15) is 18.0 Å². The molecule has 0 saturated heterocycles. The minimum absolute atomic E-state index is 0.0724. The maximum absolute atomic E-state index is 15.0. The fourth-order valence-electron chi connectivity index (χ4n) is 4.20. The maximum Gasteiger partial charge on any atom is 0.248 e. The van der Waals surface area contributed by atoms with Crippen molar-refractivity contribution in [2.75, 3.05) is 25.3 Å². The van der Waals surface area contributed by atoms with Crippen molar-refractivity contribution in [3.05, 3.63) is 83.4 Å². The normalized spacial score (nSPS) is 19.9. The van der Waals surface area contributed by atoms with E-state index in [1.807, 2.05) is 0 Å². The number of benzene rings is 2. The fraction of sp³-hybridized carbons (Fsp3) is 0.292. The lowest BCUT2D eigenvalue weighted by atomic mass is 9.76. The van der Waals surface area contributed by atoms with Crippen molar-refractivity contribution >= 4 is 17.3 Å². The zero-order valence-electron chi connectivity index (χ0n) is 18.9. The lowest BCUT2D eigenvalue weighted by Crippen LogP contribution is -2.57. The van der Waals surface area contributed by atoms with E-state index in [0.717, 1.165) is 12.1 Å². The predicted octanol–water partition coefficient (Wildman–Crippen LogP) is 3.37. The van der Waals surface area contributed by atoms with Crippen LogP contribution in [0.5, 0.6) is 0 Å². The molecule has 1 amide bonds. The number of nitrogens with zero attached hydrogens (tertiary/aromatic N) is 4. The summed E-state index contributed by atoms with van der Waals surface area (Å²) in [7, 11) is 3.25. The van der Waals surface area contributed by atoms with Crippen LogP contribution >= 0.6 is 0 Å². The van der Waals surface area contributed by atoms with Crippen LogP contribution in [0.2, 0.25) is 0 Å². The third-order valence-corrected chi connectivity index (χ3v) is 5.87. The number of hydrogen-bond acceptors (Lipinski definition) is 5. The number of ether oxygens (including phenoxy) is 1. The van der Waals surface area contributed by atoms with Gasteiger partial charge in [0.25, 0.3) is 0 Å². The molecular formula is C24H24F3N5O2. The average molecular weight is 471 g/mol. The molecule has 0 bridgehead atoms. The van der Waals surface area contributed by atoms with Gasteiger partial charge in [-0.1, -0.05) is 12.1 Å². The lowest BCUT2D eigenvalue weighted by Gasteiger charge is -2.37. The van der Waals surface area contributed by atoms with Crippen LogP contribution in [0.15, 0.2) is 60.0 Å². The van der Waals surface area contributed by atoms with Crippen LogP contribution in [0.3, 0.4) is 0 Å². The Morgan fingerprint density at radius 2 is 1.85 bits per heavy atom. The second kappa shape index (κ2) is 9.30. The maximum atomic E-state index is 15.0. The monoisotopic (exact) mass is 471 g/mol. The van der Waals surface area contributed by atoms with Gasteiger partial charge in [-0.25, -0.2) is 18.2 Å². The zero-order chi connectivity index (χ0) is 24.5. The number of hydrazone groups is 1. The first-order valence-electron chi connectivity index (χ1n) is 10.6. The molecule has 4 rings (SSSR count). The number of rotatable bonds is 7. The summed E-state index contributed by atoms with van der Waals surface area (Å²) in [5, 5.41) is 13.0. The van der Waals surface area contributed by atoms with Gasteiger partial charge in [-0.2, -0.15) is 10.2 Å². The van der Waals surface area contributed by atoms with Crippen molar-refractivity contribution in [1.29, 1.82) is 0 Å². The lowest BCUT2D eigenvalue weighted by molar-refractivity contribution is -0.126. The molecule has 2 unspecified atom stereocenters. The number of carbonyl (C=O) groups excluding carboxylic acids is 1. The van der Waals surface area contributed by atoms with Gasteiger partial charge in [-0.3, -0.25) is 9.48 Å². The summed E-state index contributed by atoms with van der Waals surface area (Å²) in [6.07, 6.45) is 3.35. The summed E-state index contributed by atoms with van der Waals surface area (Å²) in [4.78, 5) is 13.7. The second-order valence-electron chi connectivity index (χ2n) is 8.18. The van der Waals surface area contributed by atoms with E-state index in [1.54, 1.807) is 43.2 Å². The third-order valence-electron chi connectivity index (χ3n) is 5.87. The molecule has 7 nitrogen and oxygen atoms in total. The molecule has 1 aromatic heterocycles. The van der Waals surface area contributed by atoms with Crippen molar-refractivity contribution in [2.24, 2.45) is 12.1 Å². The Bertz CT molecular complexity index is 1230. The molecule has 34 heavy (non-hydrogen) atoms. The quantitative estimate of drug-likeness (QED) is 0.537. The van der Waals surface area contributed by atoms with Crippen LogP contribution in [0, 0.1) is 17.5 Å². The molecule has 2 atom stereocenters. The standard InChI is InChI=1S/C24H24F3N5O2/c1-24(23(33)28-10-11-34-3)21(16-13-29-31(2)14-16)22(15-4-6-17(25)7-5-15)30-32(24)20-9-8-18(26)12-19(20)27/h4-9,12-14,21H,10-11H2,1-3H3,(H,28,33). The van der Waals surface area contributed by atoms with Gasteiger partial charge in [0, 0.05) is 38.5 Å². The van der Waals surface area contributed by atoms with E-state index < -0.39 is 34.8 Å². The van der Waals surface area contributed by atoms with Crippen molar-refractivity contribution in [2.45, 2.75) is 18.4 Å². The molecule has 0 fully saturated rings. The molecule has 2 aromatic carbocycles. The molecule has 2 heterocycles. The first kappa shape index (κ1) is 23.5. The highest BCUT2D eigenvalue weighted by atomic mass is 19.1. The topological polar surface area (TPSA) is 71.7 Å². The number of carbonyl (C=O) groups is 1. The Balaban J connectivity index is 1.92. The van der Waals surface area contributed by atoms with Gasteiger partial charge in [-0.15, -0.1) is 0 Å². The molecule has 0 spiro atoms. The second-order valence-corrected chi connectivity index (χ2v) is 8.18. The van der Waals surface area contributed by atoms with Crippen LogP contribution in [0.25, 0.3) is 0 Å². The first-order chi connectivity index (χ1) is 16.3. The predicted molar refractivity (Wildman–Crippen MR) is 121 cm³/mol. The highest BCUT2D eigenvalue weighted by Gasteiger charge is 2.55. The van der Waals surface area contributed by atoms with E-state index >= 15 is 0 Å². The SMILES string of the molecule is COCCNC(=O)C1(C)C(c2cnn(C)c2)C(c2ccc(F)cc2)=NN1c1ccc(F)cc1F. The van der Waals surface area contributed by atoms with E-state index in [1.165, 1.54) is 30.3 Å². The Hall–Kier alpha value is -3.66. The molecule has 10 heteroatoms. The van der Waals surface area contributed by atoms with Crippen LogP contribution in [-0.4, -0.2) is 47.2 Å². The van der Waals surface area contributed by atoms with Gasteiger partial charge in [0.1, 0.15) is 11.6 Å². The molecular weight excluding hydrogens is 447 g/mol. The van der Waals surface area contributed by atoms with Gasteiger partial charge in [0.05, 0.1) is 30.1 Å². The van der Waals surface area contributed by atoms with E-state index in [2.05, 4.69) is 15.5 Å². The number of hydrogen-bond donors (Lipinski definition) is 1. The van der Waals surface area contributed by atoms with Crippen molar-refractivity contribution < 1.29 is 22.7 Å². The molecule has 1 N–H and O–H groups in total. The molecule has 3 aromatic rings. The molecule has 178 valence electrons. The summed E-state index contributed by atoms with van der Waals surface area (Å²) in [5.41, 5.74) is 0.0770. The van der Waals surface area contributed by atoms with Crippen LogP contribution in [0.4, 0.5) is 18.9 Å². The number of aryl methyl sites for hydroxylation is 1. The zero-order valence-corrected chi connectivity index (χ0v) is 18.9. The third kappa shape index (κ3) is 4.16. The Labute approximate surface area is 194 Å². The van der Waals surface area contributed by atoms with Gasteiger partial charge in [0.15, 0.2) is 11.4 Å². The fourth-order valence-corrected chi connectivity index (χ4v) is 4.20.